The number of benzene rings is 2. The molecule has 0 radical (unpaired) electrons. The predicted octanol–water partition coefficient (Wildman–Crippen LogP) is 4.06. The molecular weight excluding hydrogens is 434 g/mol. The van der Waals surface area contributed by atoms with E-state index in [1.54, 1.807) is 0 Å². The van der Waals surface area contributed by atoms with E-state index < -0.39 is 17.8 Å². The third-order valence-electron chi connectivity index (χ3n) is 7.17. The molecule has 34 heavy (non-hydrogen) atoms. The molecule has 2 aromatic carbocycles. The number of nitrogens with one attached hydrogen (secondary N) is 1. The summed E-state index contributed by atoms with van der Waals surface area (Å²) in [5.74, 6) is 4.10. The van der Waals surface area contributed by atoms with Gasteiger partial charge in [0.1, 0.15) is 0 Å². The maximum Gasteiger partial charge on any atom is 0.336 e. The number of hydrogen-bond acceptors (Lipinski definition) is 5. The van der Waals surface area contributed by atoms with Crippen molar-refractivity contribution in [1.82, 2.24) is 10.3 Å². The molecular formula is C26H31N3O5. The first-order chi connectivity index (χ1) is 16.4. The van der Waals surface area contributed by atoms with Gasteiger partial charge in [-0.05, 0) is 43.9 Å². The number of aromatic carboxylic acids is 1. The normalized spacial score (nSPS) is 17.3. The van der Waals surface area contributed by atoms with E-state index in [0.29, 0.717) is 6.29 Å². The highest BCUT2D eigenvalue weighted by Gasteiger charge is 2.29. The molecule has 0 saturated heterocycles. The van der Waals surface area contributed by atoms with Gasteiger partial charge >= 0.3 is 5.97 Å². The minimum atomic E-state index is -1.24. The number of carbonyl (C=O) groups excluding carboxylic acids is 3. The number of nitrogens with two attached hydrogens (primary N) is 1. The lowest BCUT2D eigenvalue weighted by Crippen LogP contribution is -2.46. The summed E-state index contributed by atoms with van der Waals surface area (Å²) < 4.78 is 0. The fourth-order valence-corrected chi connectivity index (χ4v) is 5.34. The van der Waals surface area contributed by atoms with Crippen molar-refractivity contribution in [2.45, 2.75) is 76.3 Å². The lowest BCUT2D eigenvalue weighted by molar-refractivity contribution is 0.0633. The fraction of sp³-hybridized carbons (Fsp3) is 0.462. The lowest BCUT2D eigenvalue weighted by atomic mass is 9.90. The molecule has 2 fully saturated rings. The van der Waals surface area contributed by atoms with E-state index in [-0.39, 0.29) is 45.1 Å². The van der Waals surface area contributed by atoms with E-state index in [4.69, 9.17) is 5.84 Å². The summed E-state index contributed by atoms with van der Waals surface area (Å²) in [6.07, 6.45) is 10.2. The van der Waals surface area contributed by atoms with Gasteiger partial charge in [0.2, 0.25) is 0 Å². The number of rotatable bonds is 6. The molecule has 0 spiro atoms. The Morgan fingerprint density at radius 2 is 1.44 bits per heavy atom. The highest BCUT2D eigenvalue weighted by Crippen LogP contribution is 2.32. The third-order valence-corrected chi connectivity index (χ3v) is 7.17. The van der Waals surface area contributed by atoms with Crippen LogP contribution in [0.15, 0.2) is 24.3 Å². The quantitative estimate of drug-likeness (QED) is 0.255. The van der Waals surface area contributed by atoms with Crippen LogP contribution >= 0.6 is 0 Å². The van der Waals surface area contributed by atoms with Crippen molar-refractivity contribution in [3.05, 3.63) is 46.5 Å². The van der Waals surface area contributed by atoms with Crippen molar-refractivity contribution in [1.29, 1.82) is 0 Å². The van der Waals surface area contributed by atoms with E-state index in [1.165, 1.54) is 29.3 Å². The number of nitrogens with zero attached hydrogens (tertiary/aromatic N) is 1. The van der Waals surface area contributed by atoms with Crippen LogP contribution in [0.5, 0.6) is 0 Å². The van der Waals surface area contributed by atoms with E-state index in [0.717, 1.165) is 64.2 Å². The van der Waals surface area contributed by atoms with Crippen LogP contribution in [0.3, 0.4) is 0 Å². The zero-order valence-corrected chi connectivity index (χ0v) is 19.2. The summed E-state index contributed by atoms with van der Waals surface area (Å²) in [5, 5.41) is 14.3. The van der Waals surface area contributed by atoms with Crippen molar-refractivity contribution in [2.75, 3.05) is 0 Å². The maximum absolute atomic E-state index is 13.4. The molecule has 2 aromatic rings. The number of hydrogen-bond donors (Lipinski definition) is 3. The maximum atomic E-state index is 13.4. The first kappa shape index (κ1) is 23.9. The van der Waals surface area contributed by atoms with Gasteiger partial charge in [0.15, 0.2) is 6.29 Å². The Kier molecular flexibility index (Phi) is 7.26. The van der Waals surface area contributed by atoms with Gasteiger partial charge in [-0.1, -0.05) is 44.6 Å². The standard InChI is InChI=1S/C26H31N3O5/c27-29(18-9-5-2-6-10-18)25(32)20-13-14-21(26(33)34)23-19(12-11-16(15-30)22(20)23)24(31)28-17-7-3-1-4-8-17/h11-15,17-18H,1-10,27H2,(H,28,31)(H,33,34). The van der Waals surface area contributed by atoms with Gasteiger partial charge in [0.05, 0.1) is 5.56 Å². The van der Waals surface area contributed by atoms with Gasteiger partial charge < -0.3 is 10.4 Å². The smallest absolute Gasteiger partial charge is 0.336 e. The van der Waals surface area contributed by atoms with Gasteiger partial charge in [-0.15, -0.1) is 0 Å². The zero-order chi connectivity index (χ0) is 24.2. The molecule has 0 bridgehead atoms. The summed E-state index contributed by atoms with van der Waals surface area (Å²) in [6, 6.07) is 5.55. The Morgan fingerprint density at radius 1 is 0.853 bits per heavy atom. The van der Waals surface area contributed by atoms with Gasteiger partial charge in [0, 0.05) is 39.5 Å². The summed E-state index contributed by atoms with van der Waals surface area (Å²) in [5.41, 5.74) is 0.278. The average Bonchev–Trinajstić information content (AvgIpc) is 2.87. The average molecular weight is 466 g/mol. The summed E-state index contributed by atoms with van der Waals surface area (Å²) in [6.45, 7) is 0. The molecule has 8 nitrogen and oxygen atoms in total. The van der Waals surface area contributed by atoms with Gasteiger partial charge in [-0.3, -0.25) is 19.4 Å². The van der Waals surface area contributed by atoms with Crippen LogP contribution in [0.25, 0.3) is 10.8 Å². The van der Waals surface area contributed by atoms with E-state index in [2.05, 4.69) is 5.32 Å². The van der Waals surface area contributed by atoms with Crippen molar-refractivity contribution < 1.29 is 24.3 Å². The molecule has 2 saturated carbocycles. The molecule has 0 unspecified atom stereocenters. The number of carbonyl (C=O) groups is 4. The number of fused-ring (bicyclic) bond motifs is 1. The Balaban J connectivity index is 1.83. The van der Waals surface area contributed by atoms with E-state index in [1.807, 2.05) is 0 Å². The van der Waals surface area contributed by atoms with Crippen molar-refractivity contribution in [3.63, 3.8) is 0 Å². The van der Waals surface area contributed by atoms with Crippen LogP contribution in [-0.4, -0.2) is 46.3 Å². The second-order valence-corrected chi connectivity index (χ2v) is 9.35. The van der Waals surface area contributed by atoms with Gasteiger partial charge in [-0.25, -0.2) is 10.6 Å². The van der Waals surface area contributed by atoms with Crippen LogP contribution in [-0.2, 0) is 0 Å². The van der Waals surface area contributed by atoms with E-state index >= 15 is 0 Å². The number of aldehydes is 1. The van der Waals surface area contributed by atoms with Crippen LogP contribution in [0, 0.1) is 0 Å². The SMILES string of the molecule is NN(C(=O)c1ccc(C(=O)O)c2c(C(=O)NC3CCCCC3)ccc(C=O)c12)C1CCCCC1. The molecule has 180 valence electrons. The molecule has 8 heteroatoms. The van der Waals surface area contributed by atoms with Gasteiger partial charge in [0.25, 0.3) is 11.8 Å². The molecule has 2 aliphatic carbocycles. The number of carboxylic acid groups (broad SMARTS) is 1. The molecule has 0 aliphatic heterocycles. The third kappa shape index (κ3) is 4.68. The van der Waals surface area contributed by atoms with Crippen LogP contribution in [0.4, 0.5) is 0 Å². The first-order valence-corrected chi connectivity index (χ1v) is 12.1. The van der Waals surface area contributed by atoms with Crippen molar-refractivity contribution >= 4 is 34.8 Å². The molecule has 4 N–H and O–H groups in total. The molecule has 2 aliphatic rings. The zero-order valence-electron chi connectivity index (χ0n) is 19.2. The second kappa shape index (κ2) is 10.3. The van der Waals surface area contributed by atoms with Crippen LogP contribution < -0.4 is 11.2 Å². The summed E-state index contributed by atoms with van der Waals surface area (Å²) >= 11 is 0. The Morgan fingerprint density at radius 3 is 2.06 bits per heavy atom. The molecule has 4 rings (SSSR count). The predicted molar refractivity (Wildman–Crippen MR) is 128 cm³/mol. The highest BCUT2D eigenvalue weighted by atomic mass is 16.4. The summed E-state index contributed by atoms with van der Waals surface area (Å²) in [4.78, 5) is 50.7. The highest BCUT2D eigenvalue weighted by molar-refractivity contribution is 6.22. The first-order valence-electron chi connectivity index (χ1n) is 12.1. The minimum absolute atomic E-state index is 0.0194. The second-order valence-electron chi connectivity index (χ2n) is 9.35. The molecule has 0 heterocycles. The largest absolute Gasteiger partial charge is 0.478 e. The summed E-state index contributed by atoms with van der Waals surface area (Å²) in [7, 11) is 0. The lowest BCUT2D eigenvalue weighted by Gasteiger charge is -2.31. The van der Waals surface area contributed by atoms with Crippen LogP contribution in [0.1, 0.15) is 106 Å². The monoisotopic (exact) mass is 465 g/mol. The Bertz CT molecular complexity index is 1120. The number of carboxylic acids is 1. The van der Waals surface area contributed by atoms with E-state index in [9.17, 15) is 24.3 Å². The van der Waals surface area contributed by atoms with Crippen molar-refractivity contribution in [2.24, 2.45) is 5.84 Å². The molecule has 2 amide bonds. The topological polar surface area (TPSA) is 130 Å². The number of hydrazine groups is 1. The fourth-order valence-electron chi connectivity index (χ4n) is 5.34. The van der Waals surface area contributed by atoms with Gasteiger partial charge in [-0.2, -0.15) is 0 Å². The Hall–Kier alpha value is -3.26. The molecule has 0 atom stereocenters. The minimum Gasteiger partial charge on any atom is -0.478 e. The van der Waals surface area contributed by atoms with Crippen LogP contribution in [0.2, 0.25) is 0 Å². The molecule has 0 aromatic heterocycles. The Labute approximate surface area is 198 Å². The number of amides is 2. The van der Waals surface area contributed by atoms with Crippen molar-refractivity contribution in [3.8, 4) is 0 Å².